The van der Waals surface area contributed by atoms with Crippen molar-refractivity contribution in [1.82, 2.24) is 4.98 Å². The first-order valence-corrected chi connectivity index (χ1v) is 8.31. The molecule has 1 aliphatic rings. The van der Waals surface area contributed by atoms with Gasteiger partial charge in [0.25, 0.3) is 0 Å². The van der Waals surface area contributed by atoms with Crippen molar-refractivity contribution in [3.63, 3.8) is 0 Å². The van der Waals surface area contributed by atoms with Crippen molar-refractivity contribution < 1.29 is 9.90 Å². The monoisotopic (exact) mass is 301 g/mol. The van der Waals surface area contributed by atoms with Gasteiger partial charge in [0, 0.05) is 10.6 Å². The molecule has 2 unspecified atom stereocenters. The van der Waals surface area contributed by atoms with E-state index in [1.54, 1.807) is 17.8 Å². The summed E-state index contributed by atoms with van der Waals surface area (Å²) < 4.78 is 0. The lowest BCUT2D eigenvalue weighted by molar-refractivity contribution is 0.0698. The Bertz CT molecular complexity index is 671. The Hall–Kier alpha value is -1.55. The van der Waals surface area contributed by atoms with E-state index in [0.717, 1.165) is 16.5 Å². The molecule has 0 saturated heterocycles. The smallest absolute Gasteiger partial charge is 0.336 e. The largest absolute Gasteiger partial charge is 0.478 e. The molecule has 1 saturated carbocycles. The van der Waals surface area contributed by atoms with Crippen molar-refractivity contribution in [2.75, 3.05) is 0 Å². The van der Waals surface area contributed by atoms with Crippen LogP contribution in [0.5, 0.6) is 0 Å². The molecular formula is C17H19NO2S. The third kappa shape index (κ3) is 3.21. The van der Waals surface area contributed by atoms with Crippen molar-refractivity contribution in [3.8, 4) is 0 Å². The highest BCUT2D eigenvalue weighted by Crippen LogP contribution is 2.36. The second-order valence-corrected chi connectivity index (χ2v) is 7.16. The minimum absolute atomic E-state index is 0.354. The fourth-order valence-electron chi connectivity index (χ4n) is 3.04. The molecule has 0 bridgehead atoms. The summed E-state index contributed by atoms with van der Waals surface area (Å²) in [5, 5.41) is 11.5. The number of aromatic carboxylic acids is 1. The van der Waals surface area contributed by atoms with Gasteiger partial charge in [0.2, 0.25) is 0 Å². The van der Waals surface area contributed by atoms with Gasteiger partial charge in [-0.3, -0.25) is 0 Å². The summed E-state index contributed by atoms with van der Waals surface area (Å²) in [5.74, 6) is -0.122. The number of nitrogens with zero attached hydrogens (tertiary/aromatic N) is 1. The zero-order valence-electron chi connectivity index (χ0n) is 12.1. The third-order valence-corrected chi connectivity index (χ3v) is 5.31. The topological polar surface area (TPSA) is 50.2 Å². The Morgan fingerprint density at radius 1 is 1.33 bits per heavy atom. The summed E-state index contributed by atoms with van der Waals surface area (Å²) >= 11 is 1.74. The Kier molecular flexibility index (Phi) is 4.15. The Morgan fingerprint density at radius 2 is 2.14 bits per heavy atom. The lowest BCUT2D eigenvalue weighted by Gasteiger charge is -2.25. The van der Waals surface area contributed by atoms with Crippen molar-refractivity contribution in [1.29, 1.82) is 0 Å². The maximum atomic E-state index is 11.5. The van der Waals surface area contributed by atoms with Crippen LogP contribution in [0.15, 0.2) is 35.4 Å². The van der Waals surface area contributed by atoms with Gasteiger partial charge >= 0.3 is 5.97 Å². The number of rotatable bonds is 3. The molecule has 0 aliphatic heterocycles. The molecule has 110 valence electrons. The predicted octanol–water partition coefficient (Wildman–Crippen LogP) is 4.60. The fraction of sp³-hybridized carbons (Fsp3) is 0.412. The van der Waals surface area contributed by atoms with Crippen molar-refractivity contribution in [3.05, 3.63) is 35.9 Å². The van der Waals surface area contributed by atoms with E-state index in [1.807, 2.05) is 24.3 Å². The van der Waals surface area contributed by atoms with Crippen LogP contribution in [-0.4, -0.2) is 21.3 Å². The van der Waals surface area contributed by atoms with Crippen LogP contribution < -0.4 is 0 Å². The average molecular weight is 301 g/mol. The molecule has 1 N–H and O–H groups in total. The molecule has 4 heteroatoms. The van der Waals surface area contributed by atoms with E-state index in [4.69, 9.17) is 0 Å². The van der Waals surface area contributed by atoms with Gasteiger partial charge in [0.05, 0.1) is 16.1 Å². The number of carboxylic acids is 1. The van der Waals surface area contributed by atoms with Crippen LogP contribution in [-0.2, 0) is 0 Å². The summed E-state index contributed by atoms with van der Waals surface area (Å²) in [6.45, 7) is 2.29. The van der Waals surface area contributed by atoms with E-state index < -0.39 is 5.97 Å². The van der Waals surface area contributed by atoms with Gasteiger partial charge in [0.1, 0.15) is 0 Å². The van der Waals surface area contributed by atoms with Crippen LogP contribution in [0, 0.1) is 5.92 Å². The molecule has 2 atom stereocenters. The SMILES string of the molecule is CC1CCCC(Sc2cc(C(=O)O)c3ccccc3n2)C1. The first kappa shape index (κ1) is 14.4. The van der Waals surface area contributed by atoms with Crippen LogP contribution in [0.3, 0.4) is 0 Å². The molecule has 1 heterocycles. The number of hydrogen-bond donors (Lipinski definition) is 1. The number of para-hydroxylation sites is 1. The van der Waals surface area contributed by atoms with E-state index in [1.165, 1.54) is 25.7 Å². The minimum atomic E-state index is -0.882. The van der Waals surface area contributed by atoms with Crippen molar-refractivity contribution in [2.24, 2.45) is 5.92 Å². The van der Waals surface area contributed by atoms with E-state index in [2.05, 4.69) is 11.9 Å². The van der Waals surface area contributed by atoms with Gasteiger partial charge in [-0.2, -0.15) is 0 Å². The highest BCUT2D eigenvalue weighted by Gasteiger charge is 2.21. The Labute approximate surface area is 128 Å². The standard InChI is InChI=1S/C17H19NO2S/c1-11-5-4-6-12(9-11)21-16-10-14(17(19)20)13-7-2-3-8-15(13)18-16/h2-3,7-8,10-12H,4-6,9H2,1H3,(H,19,20). The van der Waals surface area contributed by atoms with Crippen LogP contribution in [0.1, 0.15) is 43.0 Å². The molecule has 21 heavy (non-hydrogen) atoms. The van der Waals surface area contributed by atoms with E-state index in [-0.39, 0.29) is 0 Å². The molecule has 1 aliphatic carbocycles. The number of carboxylic acid groups (broad SMARTS) is 1. The van der Waals surface area contributed by atoms with E-state index in [9.17, 15) is 9.90 Å². The number of hydrogen-bond acceptors (Lipinski definition) is 3. The van der Waals surface area contributed by atoms with Gasteiger partial charge in [-0.1, -0.05) is 38.0 Å². The van der Waals surface area contributed by atoms with Crippen LogP contribution in [0.4, 0.5) is 0 Å². The lowest BCUT2D eigenvalue weighted by atomic mass is 9.91. The van der Waals surface area contributed by atoms with E-state index >= 15 is 0 Å². The van der Waals surface area contributed by atoms with Crippen LogP contribution >= 0.6 is 11.8 Å². The van der Waals surface area contributed by atoms with Crippen molar-refractivity contribution in [2.45, 2.75) is 42.9 Å². The summed E-state index contributed by atoms with van der Waals surface area (Å²) in [4.78, 5) is 16.1. The highest BCUT2D eigenvalue weighted by molar-refractivity contribution is 7.99. The Balaban J connectivity index is 1.93. The number of carbonyl (C=O) groups is 1. The second-order valence-electron chi connectivity index (χ2n) is 5.84. The number of thioether (sulfide) groups is 1. The van der Waals surface area contributed by atoms with Gasteiger partial charge in [-0.15, -0.1) is 11.8 Å². The summed E-state index contributed by atoms with van der Waals surface area (Å²) in [7, 11) is 0. The number of pyridine rings is 1. The molecule has 0 spiro atoms. The molecule has 2 aromatic rings. The first-order valence-electron chi connectivity index (χ1n) is 7.43. The van der Waals surface area contributed by atoms with Crippen LogP contribution in [0.25, 0.3) is 10.9 Å². The van der Waals surface area contributed by atoms with Gasteiger partial charge in [0.15, 0.2) is 0 Å². The van der Waals surface area contributed by atoms with Crippen molar-refractivity contribution >= 4 is 28.6 Å². The van der Waals surface area contributed by atoms with E-state index in [0.29, 0.717) is 16.2 Å². The molecule has 0 amide bonds. The maximum Gasteiger partial charge on any atom is 0.336 e. The molecule has 3 nitrogen and oxygen atoms in total. The molecular weight excluding hydrogens is 282 g/mol. The molecule has 0 radical (unpaired) electrons. The summed E-state index contributed by atoms with van der Waals surface area (Å²) in [6, 6.07) is 9.19. The fourth-order valence-corrected chi connectivity index (χ4v) is 4.43. The van der Waals surface area contributed by atoms with Gasteiger partial charge in [-0.05, 0) is 30.9 Å². The minimum Gasteiger partial charge on any atom is -0.478 e. The normalized spacial score (nSPS) is 22.3. The Morgan fingerprint density at radius 3 is 2.90 bits per heavy atom. The summed E-state index contributed by atoms with van der Waals surface area (Å²) in [5.41, 5.74) is 1.12. The quantitative estimate of drug-likeness (QED) is 0.900. The second kappa shape index (κ2) is 6.06. The first-order chi connectivity index (χ1) is 10.1. The highest BCUT2D eigenvalue weighted by atomic mass is 32.2. The van der Waals surface area contributed by atoms with Gasteiger partial charge < -0.3 is 5.11 Å². The average Bonchev–Trinajstić information content (AvgIpc) is 2.46. The van der Waals surface area contributed by atoms with Gasteiger partial charge in [-0.25, -0.2) is 9.78 Å². The summed E-state index contributed by atoms with van der Waals surface area (Å²) in [6.07, 6.45) is 4.97. The number of fused-ring (bicyclic) bond motifs is 1. The molecule has 1 fully saturated rings. The zero-order chi connectivity index (χ0) is 14.8. The molecule has 1 aromatic heterocycles. The lowest BCUT2D eigenvalue weighted by Crippen LogP contribution is -2.15. The molecule has 1 aromatic carbocycles. The zero-order valence-corrected chi connectivity index (χ0v) is 12.9. The number of benzene rings is 1. The maximum absolute atomic E-state index is 11.5. The molecule has 3 rings (SSSR count). The number of aromatic nitrogens is 1. The third-order valence-electron chi connectivity index (χ3n) is 4.10. The predicted molar refractivity (Wildman–Crippen MR) is 86.0 cm³/mol. The van der Waals surface area contributed by atoms with Crippen LogP contribution in [0.2, 0.25) is 0 Å².